The van der Waals surface area contributed by atoms with Gasteiger partial charge in [-0.3, -0.25) is 9.59 Å². The van der Waals surface area contributed by atoms with E-state index in [0.717, 1.165) is 51.4 Å². The van der Waals surface area contributed by atoms with Crippen LogP contribution in [0, 0.1) is 11.8 Å². The highest BCUT2D eigenvalue weighted by Gasteiger charge is 2.31. The number of hydrogen-bond donors (Lipinski definition) is 3. The summed E-state index contributed by atoms with van der Waals surface area (Å²) in [5.74, 6) is 1.08. The Kier molecular flexibility index (Phi) is 12.6. The summed E-state index contributed by atoms with van der Waals surface area (Å²) in [5, 5.41) is 16.2. The molecule has 0 saturated heterocycles. The highest BCUT2D eigenvalue weighted by atomic mass is 16.7. The zero-order valence-electron chi connectivity index (χ0n) is 29.2. The molecule has 4 amide bonds. The number of ether oxygens (including phenoxy) is 4. The minimum absolute atomic E-state index is 0.0249. The molecular formula is C37H52N4O8. The minimum Gasteiger partial charge on any atom is -0.490 e. The van der Waals surface area contributed by atoms with Crippen molar-refractivity contribution in [1.29, 1.82) is 0 Å². The van der Waals surface area contributed by atoms with Crippen molar-refractivity contribution >= 4 is 29.2 Å². The highest BCUT2D eigenvalue weighted by Crippen LogP contribution is 2.34. The van der Waals surface area contributed by atoms with Gasteiger partial charge in [0.1, 0.15) is 5.75 Å². The minimum atomic E-state index is -0.513. The van der Waals surface area contributed by atoms with Crippen molar-refractivity contribution in [3.05, 3.63) is 42.0 Å². The maximum atomic E-state index is 14.4. The molecule has 1 aliphatic carbocycles. The van der Waals surface area contributed by atoms with E-state index in [1.165, 1.54) is 0 Å². The van der Waals surface area contributed by atoms with Gasteiger partial charge >= 0.3 is 6.03 Å². The zero-order valence-corrected chi connectivity index (χ0v) is 29.2. The molecule has 1 saturated carbocycles. The largest absolute Gasteiger partial charge is 0.490 e. The quantitative estimate of drug-likeness (QED) is 0.329. The van der Waals surface area contributed by atoms with Gasteiger partial charge in [0, 0.05) is 56.0 Å². The number of anilines is 2. The van der Waals surface area contributed by atoms with Crippen molar-refractivity contribution in [3.63, 3.8) is 0 Å². The van der Waals surface area contributed by atoms with Gasteiger partial charge in [-0.25, -0.2) is 4.79 Å². The van der Waals surface area contributed by atoms with Gasteiger partial charge in [0.05, 0.1) is 30.4 Å². The van der Waals surface area contributed by atoms with E-state index in [4.69, 9.17) is 18.9 Å². The summed E-state index contributed by atoms with van der Waals surface area (Å²) >= 11 is 0. The number of aliphatic hydroxyl groups excluding tert-OH is 1. The fourth-order valence-corrected chi connectivity index (χ4v) is 6.62. The smallest absolute Gasteiger partial charge is 0.321 e. The third kappa shape index (κ3) is 9.57. The van der Waals surface area contributed by atoms with Gasteiger partial charge in [-0.1, -0.05) is 26.2 Å². The summed E-state index contributed by atoms with van der Waals surface area (Å²) < 4.78 is 23.5. The van der Waals surface area contributed by atoms with E-state index < -0.39 is 12.1 Å². The summed E-state index contributed by atoms with van der Waals surface area (Å²) in [4.78, 5) is 44.0. The Morgan fingerprint density at radius 3 is 2.39 bits per heavy atom. The normalized spacial score (nSPS) is 22.7. The number of amides is 4. The lowest BCUT2D eigenvalue weighted by Crippen LogP contribution is -2.48. The van der Waals surface area contributed by atoms with Crippen LogP contribution in [0.1, 0.15) is 82.5 Å². The fourth-order valence-electron chi connectivity index (χ4n) is 6.62. The first kappa shape index (κ1) is 36.3. The molecule has 3 aliphatic rings. The molecule has 0 radical (unpaired) electrons. The Hall–Kier alpha value is -4.03. The lowest BCUT2D eigenvalue weighted by atomic mass is 9.88. The Labute approximate surface area is 289 Å². The van der Waals surface area contributed by atoms with E-state index in [2.05, 4.69) is 10.6 Å². The van der Waals surface area contributed by atoms with Gasteiger partial charge in [-0.05, 0) is 76.3 Å². The van der Waals surface area contributed by atoms with E-state index in [9.17, 15) is 19.5 Å². The van der Waals surface area contributed by atoms with Gasteiger partial charge in [0.15, 0.2) is 11.5 Å². The topological polar surface area (TPSA) is 139 Å². The highest BCUT2D eigenvalue weighted by molar-refractivity contribution is 6.00. The fraction of sp³-hybridized carbons (Fsp3) is 0.595. The van der Waals surface area contributed by atoms with Gasteiger partial charge in [-0.2, -0.15) is 0 Å². The zero-order chi connectivity index (χ0) is 34.9. The number of benzene rings is 2. The van der Waals surface area contributed by atoms with Gasteiger partial charge in [0.2, 0.25) is 12.7 Å². The van der Waals surface area contributed by atoms with E-state index >= 15 is 0 Å². The van der Waals surface area contributed by atoms with Crippen LogP contribution in [0.4, 0.5) is 16.2 Å². The van der Waals surface area contributed by atoms with E-state index in [1.807, 2.05) is 13.8 Å². The first-order chi connectivity index (χ1) is 23.6. The van der Waals surface area contributed by atoms with E-state index in [1.54, 1.807) is 60.2 Å². The monoisotopic (exact) mass is 680 g/mol. The summed E-state index contributed by atoms with van der Waals surface area (Å²) in [7, 11) is 1.71. The Bertz CT molecular complexity index is 1450. The van der Waals surface area contributed by atoms with Crippen molar-refractivity contribution in [2.45, 2.75) is 90.4 Å². The van der Waals surface area contributed by atoms with Crippen molar-refractivity contribution in [3.8, 4) is 17.2 Å². The first-order valence-corrected chi connectivity index (χ1v) is 17.7. The van der Waals surface area contributed by atoms with Crippen molar-refractivity contribution in [2.75, 3.05) is 50.8 Å². The van der Waals surface area contributed by atoms with Crippen molar-refractivity contribution in [2.24, 2.45) is 11.8 Å². The Balaban J connectivity index is 1.35. The van der Waals surface area contributed by atoms with Crippen LogP contribution in [0.2, 0.25) is 0 Å². The summed E-state index contributed by atoms with van der Waals surface area (Å²) in [5.41, 5.74) is 1.45. The summed E-state index contributed by atoms with van der Waals surface area (Å²) in [6.07, 6.45) is 6.84. The van der Waals surface area contributed by atoms with Crippen LogP contribution in [0.15, 0.2) is 36.4 Å². The molecule has 2 aliphatic heterocycles. The Morgan fingerprint density at radius 2 is 1.63 bits per heavy atom. The Morgan fingerprint density at radius 1 is 0.939 bits per heavy atom. The molecule has 2 heterocycles. The molecule has 0 bridgehead atoms. The third-order valence-electron chi connectivity index (χ3n) is 9.72. The lowest BCUT2D eigenvalue weighted by molar-refractivity contribution is -0.120. The van der Waals surface area contributed by atoms with Gasteiger partial charge in [0.25, 0.3) is 5.91 Å². The SMILES string of the molecule is C[C@@H]1CCCCO[C@H](CN(C)C(=O)Nc2ccc3c(c2)OCO3)[C@@H](C)CN([C@H](C)CO)C(=O)c2cc(NC(=O)C3CCCCC3)ccc2O1. The predicted molar refractivity (Wildman–Crippen MR) is 186 cm³/mol. The number of hydrogen-bond acceptors (Lipinski definition) is 8. The number of aliphatic hydroxyl groups is 1. The van der Waals surface area contributed by atoms with Gasteiger partial charge < -0.3 is 44.5 Å². The molecule has 0 unspecified atom stereocenters. The molecule has 49 heavy (non-hydrogen) atoms. The number of nitrogens with one attached hydrogen (secondary N) is 2. The van der Waals surface area contributed by atoms with Crippen LogP contribution >= 0.6 is 0 Å². The third-order valence-corrected chi connectivity index (χ3v) is 9.72. The first-order valence-electron chi connectivity index (χ1n) is 17.7. The predicted octanol–water partition coefficient (Wildman–Crippen LogP) is 5.89. The molecule has 0 spiro atoms. The maximum absolute atomic E-state index is 14.4. The standard InChI is InChI=1S/C37H52N4O8/c1-24-20-41(25(2)22-42)36(44)30-18-28(38-35(43)27-11-6-5-7-12-27)13-15-31(30)49-26(3)10-8-9-17-46-34(24)21-40(4)37(45)39-29-14-16-32-33(19-29)48-23-47-32/h13-16,18-19,24-27,34,42H,5-12,17,20-23H2,1-4H3,(H,38,43)(H,39,45)/t24-,25+,26+,34+/m0/s1. The molecular weight excluding hydrogens is 628 g/mol. The molecule has 12 nitrogen and oxygen atoms in total. The van der Waals surface area contributed by atoms with Crippen LogP contribution in [0.5, 0.6) is 17.2 Å². The number of likely N-dealkylation sites (N-methyl/N-ethyl adjacent to an activating group) is 1. The molecule has 3 N–H and O–H groups in total. The number of fused-ring (bicyclic) bond motifs is 2. The summed E-state index contributed by atoms with van der Waals surface area (Å²) in [6.45, 7) is 6.70. The van der Waals surface area contributed by atoms with Crippen molar-refractivity contribution < 1.29 is 38.4 Å². The molecule has 2 aromatic carbocycles. The second kappa shape index (κ2) is 17.1. The van der Waals surface area contributed by atoms with Gasteiger partial charge in [-0.15, -0.1) is 0 Å². The number of carbonyl (C=O) groups excluding carboxylic acids is 3. The molecule has 5 rings (SSSR count). The molecule has 268 valence electrons. The summed E-state index contributed by atoms with van der Waals surface area (Å²) in [6, 6.07) is 9.66. The molecule has 12 heteroatoms. The second-order valence-corrected chi connectivity index (χ2v) is 13.7. The number of urea groups is 1. The number of rotatable bonds is 7. The van der Waals surface area contributed by atoms with Crippen LogP contribution < -0.4 is 24.8 Å². The van der Waals surface area contributed by atoms with E-state index in [-0.39, 0.29) is 62.3 Å². The molecule has 1 fully saturated rings. The number of nitrogens with zero attached hydrogens (tertiary/aromatic N) is 2. The molecule has 4 atom stereocenters. The molecule has 0 aromatic heterocycles. The van der Waals surface area contributed by atoms with Crippen LogP contribution in [-0.4, -0.2) is 91.1 Å². The number of carbonyl (C=O) groups is 3. The van der Waals surface area contributed by atoms with Crippen LogP contribution in [-0.2, 0) is 9.53 Å². The van der Waals surface area contributed by atoms with Crippen LogP contribution in [0.3, 0.4) is 0 Å². The average molecular weight is 681 g/mol. The second-order valence-electron chi connectivity index (χ2n) is 13.7. The molecule has 2 aromatic rings. The van der Waals surface area contributed by atoms with Crippen LogP contribution in [0.25, 0.3) is 0 Å². The van der Waals surface area contributed by atoms with E-state index in [0.29, 0.717) is 40.8 Å². The average Bonchev–Trinajstić information content (AvgIpc) is 3.58. The van der Waals surface area contributed by atoms with Crippen molar-refractivity contribution in [1.82, 2.24) is 9.80 Å². The lowest BCUT2D eigenvalue weighted by Gasteiger charge is -2.35. The maximum Gasteiger partial charge on any atom is 0.321 e.